The van der Waals surface area contributed by atoms with Crippen LogP contribution in [0.3, 0.4) is 0 Å². The molecule has 2 fully saturated rings. The molecule has 0 unspecified atom stereocenters. The zero-order valence-electron chi connectivity index (χ0n) is 43.8. The highest BCUT2D eigenvalue weighted by molar-refractivity contribution is 6.34. The molecule has 6 aliphatic heterocycles. The van der Waals surface area contributed by atoms with E-state index in [0.29, 0.717) is 44.3 Å². The van der Waals surface area contributed by atoms with Crippen molar-refractivity contribution in [2.45, 2.75) is 130 Å². The van der Waals surface area contributed by atoms with Crippen LogP contribution in [0, 0.1) is 42.4 Å². The van der Waals surface area contributed by atoms with Crippen LogP contribution in [0.2, 0.25) is 0 Å². The molecule has 8 rings (SSSR count). The molecule has 6 heterocycles. The summed E-state index contributed by atoms with van der Waals surface area (Å²) in [5.41, 5.74) is -0.383. The maximum Gasteiger partial charge on any atom is 0.315 e. The van der Waals surface area contributed by atoms with Gasteiger partial charge in [-0.15, -0.1) is 0 Å². The summed E-state index contributed by atoms with van der Waals surface area (Å²) in [7, 11) is 3.50. The summed E-state index contributed by atoms with van der Waals surface area (Å²) in [5, 5.41) is 44.6. The van der Waals surface area contributed by atoms with Gasteiger partial charge in [0.2, 0.25) is 11.7 Å². The van der Waals surface area contributed by atoms with Crippen molar-refractivity contribution in [3.05, 3.63) is 69.8 Å². The molecule has 7 aliphatic rings. The quantitative estimate of drug-likeness (QED) is 0.156. The summed E-state index contributed by atoms with van der Waals surface area (Å²) in [6.07, 6.45) is 5.74. The molecule has 1 aliphatic carbocycles. The van der Waals surface area contributed by atoms with Gasteiger partial charge in [0.1, 0.15) is 35.4 Å². The van der Waals surface area contributed by atoms with Crippen molar-refractivity contribution >= 4 is 35.1 Å². The largest absolute Gasteiger partial charge is 0.507 e. The second kappa shape index (κ2) is 22.0. The monoisotopic (exact) mass is 1000 g/mol. The van der Waals surface area contributed by atoms with Crippen molar-refractivity contribution < 1.29 is 58.2 Å². The number of nitrogens with one attached hydrogen (secondary N) is 3. The van der Waals surface area contributed by atoms with Crippen LogP contribution in [0.25, 0.3) is 0 Å². The van der Waals surface area contributed by atoms with Crippen molar-refractivity contribution in [2.24, 2.45) is 40.5 Å². The second-order valence-corrected chi connectivity index (χ2v) is 21.6. The number of aliphatic hydroxyl groups is 2. The predicted molar refractivity (Wildman–Crippen MR) is 269 cm³/mol. The summed E-state index contributed by atoms with van der Waals surface area (Å²) in [6.45, 7) is 20.3. The normalized spacial score (nSPS) is 32.2. The summed E-state index contributed by atoms with van der Waals surface area (Å²) < 4.78 is 24.5. The molecule has 2 amide bonds. The van der Waals surface area contributed by atoms with Crippen molar-refractivity contribution in [1.29, 1.82) is 0 Å². The number of aliphatic imine (C=N–C) groups is 1. The van der Waals surface area contributed by atoms with Gasteiger partial charge < -0.3 is 60.0 Å². The number of carbonyl (C=O) groups is 5. The minimum Gasteiger partial charge on any atom is -0.507 e. The number of allylic oxidation sites excluding steroid dienone is 4. The van der Waals surface area contributed by atoms with E-state index in [-0.39, 0.29) is 50.7 Å². The lowest BCUT2D eigenvalue weighted by atomic mass is 9.78. The smallest absolute Gasteiger partial charge is 0.315 e. The molecule has 1 aromatic carbocycles. The topological polar surface area (TPSA) is 238 Å². The molecular weight excluding hydrogens is 925 g/mol. The van der Waals surface area contributed by atoms with E-state index < -0.39 is 101 Å². The molecule has 5 bridgehead atoms. The molecule has 18 nitrogen and oxygen atoms in total. The molecule has 0 radical (unpaired) electrons. The van der Waals surface area contributed by atoms with Gasteiger partial charge in [-0.2, -0.15) is 0 Å². The number of fused-ring (bicyclic) bond motifs is 13. The fourth-order valence-electron chi connectivity index (χ4n) is 11.0. The zero-order valence-corrected chi connectivity index (χ0v) is 43.8. The Labute approximate surface area is 423 Å². The Morgan fingerprint density at radius 3 is 2.28 bits per heavy atom. The Morgan fingerprint density at radius 1 is 0.944 bits per heavy atom. The van der Waals surface area contributed by atoms with Crippen molar-refractivity contribution in [1.82, 2.24) is 25.8 Å². The Hall–Kier alpha value is -5.40. The zero-order chi connectivity index (χ0) is 52.6. The summed E-state index contributed by atoms with van der Waals surface area (Å²) in [5.74, 6) is -7.84. The van der Waals surface area contributed by atoms with Crippen LogP contribution in [0.4, 0.5) is 0 Å². The maximum atomic E-state index is 14.9. The van der Waals surface area contributed by atoms with Crippen LogP contribution in [0.1, 0.15) is 119 Å². The van der Waals surface area contributed by atoms with Gasteiger partial charge in [-0.05, 0) is 64.7 Å². The number of hydrogen-bond acceptors (Lipinski definition) is 16. The number of methoxy groups -OCH3 is 1. The average Bonchev–Trinajstić information content (AvgIpc) is 3.84. The van der Waals surface area contributed by atoms with Crippen LogP contribution < -0.4 is 20.7 Å². The molecule has 394 valence electrons. The van der Waals surface area contributed by atoms with Gasteiger partial charge in [0.15, 0.2) is 0 Å². The number of phenols is 1. The van der Waals surface area contributed by atoms with Crippen molar-refractivity contribution in [2.75, 3.05) is 53.4 Å². The highest BCUT2D eigenvalue weighted by Crippen LogP contribution is 2.50. The fraction of sp³-hybridized carbons (Fsp3) is 0.630. The van der Waals surface area contributed by atoms with E-state index in [4.69, 9.17) is 23.9 Å². The second-order valence-electron chi connectivity index (χ2n) is 21.6. The Morgan fingerprint density at radius 2 is 1.62 bits per heavy atom. The molecule has 72 heavy (non-hydrogen) atoms. The number of esters is 1. The van der Waals surface area contributed by atoms with Gasteiger partial charge in [0.05, 0.1) is 47.1 Å². The van der Waals surface area contributed by atoms with Gasteiger partial charge >= 0.3 is 11.8 Å². The van der Waals surface area contributed by atoms with E-state index in [9.17, 15) is 39.3 Å². The number of hydrogen-bond donors (Lipinski definition) is 6. The van der Waals surface area contributed by atoms with Crippen LogP contribution in [-0.2, 0) is 28.6 Å². The minimum absolute atomic E-state index is 0.00522. The van der Waals surface area contributed by atoms with E-state index in [2.05, 4.69) is 46.6 Å². The van der Waals surface area contributed by atoms with Gasteiger partial charge in [-0.1, -0.05) is 59.8 Å². The summed E-state index contributed by atoms with van der Waals surface area (Å²) in [4.78, 5) is 80.3. The number of Topliss-reactive ketones (excluding diaryl/α,β-unsaturated/α-hetero) is 2. The number of phenolic OH excluding ortho intramolecular Hbond substituents is 1. The molecular formula is C54H76N6O12. The molecule has 6 N–H and O–H groups in total. The van der Waals surface area contributed by atoms with E-state index in [1.165, 1.54) is 33.3 Å². The average molecular weight is 1000 g/mol. The predicted octanol–water partition coefficient (Wildman–Crippen LogP) is 4.44. The number of ether oxygens (including phenoxy) is 4. The van der Waals surface area contributed by atoms with Crippen molar-refractivity contribution in [3.63, 3.8) is 0 Å². The number of carbonyl (C=O) groups excluding carboxylic acids is 5. The van der Waals surface area contributed by atoms with E-state index in [0.717, 1.165) is 32.5 Å². The fourth-order valence-corrected chi connectivity index (χ4v) is 11.0. The third kappa shape index (κ3) is 11.1. The summed E-state index contributed by atoms with van der Waals surface area (Å²) in [6, 6.07) is 0. The number of benzene rings is 1. The lowest BCUT2D eigenvalue weighted by Gasteiger charge is -2.38. The Balaban J connectivity index is 1.25. The highest BCUT2D eigenvalue weighted by Gasteiger charge is 2.54. The molecule has 1 spiro atoms. The van der Waals surface area contributed by atoms with Crippen molar-refractivity contribution in [3.8, 4) is 11.5 Å². The molecule has 0 saturated carbocycles. The summed E-state index contributed by atoms with van der Waals surface area (Å²) >= 11 is 0. The first kappa shape index (κ1) is 54.4. The number of piperidine rings is 2. The first-order chi connectivity index (χ1) is 34.0. The number of nitrogens with zero attached hydrogens (tertiary/aromatic N) is 3. The third-order valence-corrected chi connectivity index (χ3v) is 15.7. The number of likely N-dealkylation sites (tertiary alicyclic amines) is 2. The number of aliphatic hydroxyl groups excluding tert-OH is 2. The van der Waals surface area contributed by atoms with E-state index in [1.807, 2.05) is 0 Å². The van der Waals surface area contributed by atoms with E-state index in [1.54, 1.807) is 52.8 Å². The molecule has 2 saturated heterocycles. The molecule has 18 heteroatoms. The molecule has 1 aromatic rings. The first-order valence-corrected chi connectivity index (χ1v) is 25.6. The number of ketones is 2. The van der Waals surface area contributed by atoms with Gasteiger partial charge in [0, 0.05) is 93.4 Å². The van der Waals surface area contributed by atoms with Crippen LogP contribution in [-0.4, -0.2) is 149 Å². The number of rotatable bonds is 8. The standard InChI is InChI=1S/C54H76N6O12/c1-28(2)27-60-22-18-54(19-23-60)57-42-39-40-47(65)34(8)50-41(39)51(67)53(9,72-50)70-24-17-36(69-11)31(5)49(71-38(62)25-37(61)55-26-35-15-20-59(10)21-16-35)33(7)46(64)32(6)45(63)29(3)13-12-14-30(4)52(68)56-44(48(40)66)43(42)58-54/h12-14,17,24,28-29,31-33,35-36,45-46,49,58,63-65H,15-16,18-23,25-27H2,1-11H3,(H,55,61)(H,56,68)/b13-12+,24-17+,30-14-/t29-,31+,32+,33+,36-,45-,46+,49+,53-/m0/s1. The lowest BCUT2D eigenvalue weighted by Crippen LogP contribution is -2.50. The first-order valence-electron chi connectivity index (χ1n) is 25.6. The lowest BCUT2D eigenvalue weighted by molar-refractivity contribution is -0.164. The minimum atomic E-state index is -2.03. The van der Waals surface area contributed by atoms with Gasteiger partial charge in [-0.3, -0.25) is 29.0 Å². The maximum absolute atomic E-state index is 14.9. The van der Waals surface area contributed by atoms with Crippen LogP contribution >= 0.6 is 0 Å². The third-order valence-electron chi connectivity index (χ3n) is 15.7. The molecule has 0 aromatic heterocycles. The SMILES string of the molecule is CO[C@H]1/C=C/O[C@@]2(C)Oc3c(C)c(O)c4c(c3C2=O)C2=NC3(CCN(CC(C)C)CC3)NC2=C(NC(=O)/C(C)=C\C=C\[C@H](C)[C@H](O)[C@@H](C)[C@@H](O)[C@@H](C)[C@H](OC(=O)CC(=O)NCC2CCN(C)CC2)[C@@H]1C)C4=O. The van der Waals surface area contributed by atoms with Gasteiger partial charge in [0.25, 0.3) is 11.7 Å². The van der Waals surface area contributed by atoms with E-state index >= 15 is 0 Å². The van der Waals surface area contributed by atoms with Crippen LogP contribution in [0.5, 0.6) is 11.5 Å². The Kier molecular flexibility index (Phi) is 16.6. The highest BCUT2D eigenvalue weighted by atomic mass is 16.7. The number of aromatic hydroxyl groups is 1. The van der Waals surface area contributed by atoms with Crippen LogP contribution in [0.15, 0.2) is 52.5 Å². The Bertz CT molecular complexity index is 2450. The number of amides is 2. The molecule has 9 atom stereocenters. The van der Waals surface area contributed by atoms with Gasteiger partial charge in [-0.25, -0.2) is 0 Å².